The molecule has 0 aromatic heterocycles. The number of halogens is 1. The standard InChI is InChI=1S/C18H17FN2O2/c19-16-4-2-1-3-13(16)11-17(22)20-14-7-9-15(10-8-14)21-18(23)12-5-6-12/h1-4,7-10,12H,5-6,11H2,(H,20,22)(H,21,23). The van der Waals surface area contributed by atoms with Crippen LogP contribution in [0.25, 0.3) is 0 Å². The Balaban J connectivity index is 1.56. The predicted octanol–water partition coefficient (Wildman–Crippen LogP) is 3.36. The Hall–Kier alpha value is -2.69. The van der Waals surface area contributed by atoms with Gasteiger partial charge in [0.1, 0.15) is 5.82 Å². The Bertz CT molecular complexity index is 724. The highest BCUT2D eigenvalue weighted by atomic mass is 19.1. The van der Waals surface area contributed by atoms with E-state index in [-0.39, 0.29) is 30.0 Å². The molecule has 0 aliphatic heterocycles. The number of anilines is 2. The highest BCUT2D eigenvalue weighted by Gasteiger charge is 2.29. The maximum Gasteiger partial charge on any atom is 0.228 e. The third kappa shape index (κ3) is 4.16. The first-order chi connectivity index (χ1) is 11.1. The topological polar surface area (TPSA) is 58.2 Å². The van der Waals surface area contributed by atoms with E-state index >= 15 is 0 Å². The van der Waals surface area contributed by atoms with Gasteiger partial charge in [0.05, 0.1) is 6.42 Å². The van der Waals surface area contributed by atoms with Crippen LogP contribution in [-0.2, 0) is 16.0 Å². The molecule has 2 N–H and O–H groups in total. The summed E-state index contributed by atoms with van der Waals surface area (Å²) < 4.78 is 13.5. The minimum Gasteiger partial charge on any atom is -0.326 e. The Morgan fingerprint density at radius 2 is 1.57 bits per heavy atom. The molecule has 0 saturated heterocycles. The number of rotatable bonds is 5. The van der Waals surface area contributed by atoms with Gasteiger partial charge in [-0.1, -0.05) is 18.2 Å². The van der Waals surface area contributed by atoms with Crippen molar-refractivity contribution in [3.63, 3.8) is 0 Å². The summed E-state index contributed by atoms with van der Waals surface area (Å²) in [6.45, 7) is 0. The van der Waals surface area contributed by atoms with Gasteiger partial charge in [-0.2, -0.15) is 0 Å². The monoisotopic (exact) mass is 312 g/mol. The van der Waals surface area contributed by atoms with E-state index < -0.39 is 0 Å². The summed E-state index contributed by atoms with van der Waals surface area (Å²) in [6, 6.07) is 13.1. The van der Waals surface area contributed by atoms with Crippen molar-refractivity contribution in [3.05, 3.63) is 59.9 Å². The lowest BCUT2D eigenvalue weighted by Crippen LogP contribution is -2.15. The van der Waals surface area contributed by atoms with Gasteiger partial charge in [-0.25, -0.2) is 4.39 Å². The average Bonchev–Trinajstić information content (AvgIpc) is 3.36. The maximum atomic E-state index is 13.5. The summed E-state index contributed by atoms with van der Waals surface area (Å²) in [5.41, 5.74) is 1.67. The SMILES string of the molecule is O=C(Cc1ccccc1F)Nc1ccc(NC(=O)C2CC2)cc1. The molecule has 5 heteroatoms. The summed E-state index contributed by atoms with van der Waals surface area (Å²) in [4.78, 5) is 23.6. The molecule has 1 aliphatic carbocycles. The van der Waals surface area contributed by atoms with Crippen LogP contribution in [0, 0.1) is 11.7 Å². The Morgan fingerprint density at radius 1 is 0.957 bits per heavy atom. The molecule has 1 saturated carbocycles. The quantitative estimate of drug-likeness (QED) is 0.889. The van der Waals surface area contributed by atoms with Crippen LogP contribution in [0.15, 0.2) is 48.5 Å². The number of nitrogens with one attached hydrogen (secondary N) is 2. The lowest BCUT2D eigenvalue weighted by molar-refractivity contribution is -0.117. The second kappa shape index (κ2) is 6.60. The van der Waals surface area contributed by atoms with E-state index in [2.05, 4.69) is 10.6 Å². The molecule has 0 heterocycles. The molecule has 1 fully saturated rings. The van der Waals surface area contributed by atoms with Gasteiger partial charge in [-0.15, -0.1) is 0 Å². The normalized spacial score (nSPS) is 13.4. The zero-order valence-electron chi connectivity index (χ0n) is 12.5. The molecule has 2 aromatic rings. The Kier molecular flexibility index (Phi) is 4.37. The third-order valence-corrected chi connectivity index (χ3v) is 3.69. The molecule has 0 radical (unpaired) electrons. The Labute approximate surface area is 133 Å². The van der Waals surface area contributed by atoms with Crippen molar-refractivity contribution in [2.45, 2.75) is 19.3 Å². The first-order valence-electron chi connectivity index (χ1n) is 7.56. The van der Waals surface area contributed by atoms with Gasteiger partial charge in [0, 0.05) is 17.3 Å². The third-order valence-electron chi connectivity index (χ3n) is 3.69. The van der Waals surface area contributed by atoms with Crippen LogP contribution < -0.4 is 10.6 Å². The van der Waals surface area contributed by atoms with Gasteiger partial charge in [0.25, 0.3) is 0 Å². The van der Waals surface area contributed by atoms with Crippen molar-refractivity contribution in [3.8, 4) is 0 Å². The molecular formula is C18H17FN2O2. The van der Waals surface area contributed by atoms with E-state index in [1.165, 1.54) is 6.07 Å². The fourth-order valence-corrected chi connectivity index (χ4v) is 2.25. The van der Waals surface area contributed by atoms with Crippen LogP contribution in [0.1, 0.15) is 18.4 Å². The van der Waals surface area contributed by atoms with Gasteiger partial charge in [-0.3, -0.25) is 9.59 Å². The average molecular weight is 312 g/mol. The molecule has 0 spiro atoms. The van der Waals surface area contributed by atoms with Crippen LogP contribution in [0.2, 0.25) is 0 Å². The molecule has 2 aromatic carbocycles. The zero-order chi connectivity index (χ0) is 16.2. The summed E-state index contributed by atoms with van der Waals surface area (Å²) in [5, 5.41) is 5.55. The fourth-order valence-electron chi connectivity index (χ4n) is 2.25. The number of benzene rings is 2. The highest BCUT2D eigenvalue weighted by molar-refractivity contribution is 5.95. The minimum absolute atomic E-state index is 0.0210. The van der Waals surface area contributed by atoms with E-state index in [1.807, 2.05) is 0 Å². The van der Waals surface area contributed by atoms with Gasteiger partial charge >= 0.3 is 0 Å². The summed E-state index contributed by atoms with van der Waals surface area (Å²) in [6.07, 6.45) is 1.89. The first kappa shape index (κ1) is 15.2. The van der Waals surface area contributed by atoms with Crippen LogP contribution in [0.4, 0.5) is 15.8 Å². The second-order valence-electron chi connectivity index (χ2n) is 5.66. The van der Waals surface area contributed by atoms with E-state index in [9.17, 15) is 14.0 Å². The van der Waals surface area contributed by atoms with Crippen molar-refractivity contribution >= 4 is 23.2 Å². The molecule has 23 heavy (non-hydrogen) atoms. The lowest BCUT2D eigenvalue weighted by atomic mass is 10.1. The van der Waals surface area contributed by atoms with E-state index in [4.69, 9.17) is 0 Å². The first-order valence-corrected chi connectivity index (χ1v) is 7.56. The fraction of sp³-hybridized carbons (Fsp3) is 0.222. The lowest BCUT2D eigenvalue weighted by Gasteiger charge is -2.08. The predicted molar refractivity (Wildman–Crippen MR) is 86.5 cm³/mol. The van der Waals surface area contributed by atoms with E-state index in [1.54, 1.807) is 42.5 Å². The van der Waals surface area contributed by atoms with E-state index in [0.29, 0.717) is 16.9 Å². The van der Waals surface area contributed by atoms with Crippen LogP contribution in [0.3, 0.4) is 0 Å². The number of hydrogen-bond donors (Lipinski definition) is 2. The van der Waals surface area contributed by atoms with Crippen LogP contribution in [-0.4, -0.2) is 11.8 Å². The smallest absolute Gasteiger partial charge is 0.228 e. The molecule has 0 bridgehead atoms. The van der Waals surface area contributed by atoms with Gasteiger partial charge in [-0.05, 0) is 48.7 Å². The molecule has 4 nitrogen and oxygen atoms in total. The number of carbonyl (C=O) groups excluding carboxylic acids is 2. The van der Waals surface area contributed by atoms with Crippen molar-refractivity contribution in [2.75, 3.05) is 10.6 Å². The summed E-state index contributed by atoms with van der Waals surface area (Å²) in [5.74, 6) is -0.484. The number of hydrogen-bond acceptors (Lipinski definition) is 2. The van der Waals surface area contributed by atoms with Gasteiger partial charge in [0.2, 0.25) is 11.8 Å². The molecule has 118 valence electrons. The van der Waals surface area contributed by atoms with E-state index in [0.717, 1.165) is 12.8 Å². The van der Waals surface area contributed by atoms with Crippen molar-refractivity contribution < 1.29 is 14.0 Å². The largest absolute Gasteiger partial charge is 0.326 e. The second-order valence-corrected chi connectivity index (χ2v) is 5.66. The van der Waals surface area contributed by atoms with Crippen molar-refractivity contribution in [1.82, 2.24) is 0 Å². The number of carbonyl (C=O) groups is 2. The molecule has 2 amide bonds. The van der Waals surface area contributed by atoms with Crippen LogP contribution in [0.5, 0.6) is 0 Å². The maximum absolute atomic E-state index is 13.5. The molecule has 1 aliphatic rings. The highest BCUT2D eigenvalue weighted by Crippen LogP contribution is 2.30. The summed E-state index contributed by atoms with van der Waals surface area (Å²) in [7, 11) is 0. The van der Waals surface area contributed by atoms with Gasteiger partial charge in [0.15, 0.2) is 0 Å². The zero-order valence-corrected chi connectivity index (χ0v) is 12.5. The molecular weight excluding hydrogens is 295 g/mol. The molecule has 0 atom stereocenters. The summed E-state index contributed by atoms with van der Waals surface area (Å²) >= 11 is 0. The molecule has 3 rings (SSSR count). The Morgan fingerprint density at radius 3 is 2.17 bits per heavy atom. The van der Waals surface area contributed by atoms with Gasteiger partial charge < -0.3 is 10.6 Å². The number of amides is 2. The molecule has 0 unspecified atom stereocenters. The van der Waals surface area contributed by atoms with Crippen LogP contribution >= 0.6 is 0 Å². The minimum atomic E-state index is -0.388. The van der Waals surface area contributed by atoms with Crippen molar-refractivity contribution in [1.29, 1.82) is 0 Å². The van der Waals surface area contributed by atoms with Crippen molar-refractivity contribution in [2.24, 2.45) is 5.92 Å².